The lowest BCUT2D eigenvalue weighted by Crippen LogP contribution is -2.21. The summed E-state index contributed by atoms with van der Waals surface area (Å²) >= 11 is 6.01. The van der Waals surface area contributed by atoms with Crippen LogP contribution in [0.4, 0.5) is 5.82 Å². The molecule has 2 heterocycles. The molecule has 0 amide bonds. The highest BCUT2D eigenvalue weighted by Gasteiger charge is 2.15. The quantitative estimate of drug-likeness (QED) is 0.768. The summed E-state index contributed by atoms with van der Waals surface area (Å²) < 4.78 is 1.89. The van der Waals surface area contributed by atoms with Crippen LogP contribution in [-0.4, -0.2) is 46.7 Å². The number of anilines is 1. The van der Waals surface area contributed by atoms with E-state index in [0.717, 1.165) is 52.1 Å². The molecule has 0 saturated heterocycles. The molecule has 3 rings (SSSR count). The molecule has 0 spiro atoms. The van der Waals surface area contributed by atoms with E-state index in [1.165, 1.54) is 0 Å². The maximum atomic E-state index is 6.01. The van der Waals surface area contributed by atoms with Crippen LogP contribution in [0.5, 0.6) is 0 Å². The van der Waals surface area contributed by atoms with Gasteiger partial charge in [0.05, 0.1) is 5.69 Å². The Labute approximate surface area is 147 Å². The molecule has 0 saturated carbocycles. The van der Waals surface area contributed by atoms with Gasteiger partial charge in [0.2, 0.25) is 0 Å². The van der Waals surface area contributed by atoms with Gasteiger partial charge in [-0.2, -0.15) is 9.61 Å². The van der Waals surface area contributed by atoms with E-state index in [1.807, 2.05) is 48.7 Å². The molecule has 126 valence electrons. The maximum Gasteiger partial charge on any atom is 0.165 e. The zero-order valence-electron chi connectivity index (χ0n) is 14.5. The summed E-state index contributed by atoms with van der Waals surface area (Å²) in [6.45, 7) is 5.82. The standard InChI is InChI=1S/C18H22ClN5/c1-12-11-16(20-9-10-23(3)4)24-18(21-12)17(13(2)22-24)14-5-7-15(19)8-6-14/h5-8,11,20H,9-10H2,1-4H3. The first-order valence-electron chi connectivity index (χ1n) is 7.97. The average molecular weight is 344 g/mol. The number of nitrogens with zero attached hydrogens (tertiary/aromatic N) is 4. The van der Waals surface area contributed by atoms with E-state index in [0.29, 0.717) is 0 Å². The summed E-state index contributed by atoms with van der Waals surface area (Å²) in [5, 5.41) is 8.88. The Hall–Kier alpha value is -2.11. The number of nitrogens with one attached hydrogen (secondary N) is 1. The maximum absolute atomic E-state index is 6.01. The van der Waals surface area contributed by atoms with Crippen LogP contribution in [-0.2, 0) is 0 Å². The van der Waals surface area contributed by atoms with Crippen LogP contribution in [0.3, 0.4) is 0 Å². The number of benzene rings is 1. The van der Waals surface area contributed by atoms with Crippen LogP contribution >= 0.6 is 11.6 Å². The smallest absolute Gasteiger partial charge is 0.165 e. The fourth-order valence-electron chi connectivity index (χ4n) is 2.73. The summed E-state index contributed by atoms with van der Waals surface area (Å²) in [4.78, 5) is 6.86. The third-order valence-electron chi connectivity index (χ3n) is 3.89. The molecule has 0 radical (unpaired) electrons. The minimum Gasteiger partial charge on any atom is -0.369 e. The molecule has 0 bridgehead atoms. The topological polar surface area (TPSA) is 45.5 Å². The van der Waals surface area contributed by atoms with Crippen molar-refractivity contribution in [2.24, 2.45) is 0 Å². The van der Waals surface area contributed by atoms with Crippen LogP contribution < -0.4 is 5.32 Å². The summed E-state index contributed by atoms with van der Waals surface area (Å²) in [7, 11) is 4.12. The molecule has 1 aromatic carbocycles. The Bertz CT molecular complexity index is 852. The van der Waals surface area contributed by atoms with E-state index in [4.69, 9.17) is 21.7 Å². The number of fused-ring (bicyclic) bond motifs is 1. The highest BCUT2D eigenvalue weighted by molar-refractivity contribution is 6.30. The van der Waals surface area contributed by atoms with Gasteiger partial charge in [-0.3, -0.25) is 0 Å². The van der Waals surface area contributed by atoms with Crippen molar-refractivity contribution in [3.63, 3.8) is 0 Å². The van der Waals surface area contributed by atoms with Crippen LogP contribution in [0.1, 0.15) is 11.4 Å². The lowest BCUT2D eigenvalue weighted by molar-refractivity contribution is 0.425. The molecule has 0 fully saturated rings. The van der Waals surface area contributed by atoms with E-state index < -0.39 is 0 Å². The third-order valence-corrected chi connectivity index (χ3v) is 4.14. The van der Waals surface area contributed by atoms with Crippen molar-refractivity contribution in [2.45, 2.75) is 13.8 Å². The van der Waals surface area contributed by atoms with Crippen molar-refractivity contribution >= 4 is 23.1 Å². The minimum absolute atomic E-state index is 0.725. The Balaban J connectivity index is 2.07. The molecule has 0 aliphatic carbocycles. The fraction of sp³-hybridized carbons (Fsp3) is 0.333. The number of hydrogen-bond donors (Lipinski definition) is 1. The molecule has 0 aliphatic rings. The molecule has 6 heteroatoms. The predicted molar refractivity (Wildman–Crippen MR) is 100.0 cm³/mol. The Morgan fingerprint density at radius 3 is 2.54 bits per heavy atom. The zero-order valence-corrected chi connectivity index (χ0v) is 15.2. The number of likely N-dealkylation sites (N-methyl/N-ethyl adjacent to an activating group) is 1. The first kappa shape index (κ1) is 16.7. The molecule has 0 aliphatic heterocycles. The van der Waals surface area contributed by atoms with Crippen LogP contribution in [0.15, 0.2) is 30.3 Å². The van der Waals surface area contributed by atoms with Crippen molar-refractivity contribution in [1.82, 2.24) is 19.5 Å². The van der Waals surface area contributed by atoms with Crippen molar-refractivity contribution in [3.8, 4) is 11.1 Å². The largest absolute Gasteiger partial charge is 0.369 e. The zero-order chi connectivity index (χ0) is 17.3. The molecule has 24 heavy (non-hydrogen) atoms. The lowest BCUT2D eigenvalue weighted by Gasteiger charge is -2.13. The second-order valence-electron chi connectivity index (χ2n) is 6.22. The average Bonchev–Trinajstić information content (AvgIpc) is 2.84. The van der Waals surface area contributed by atoms with Gasteiger partial charge < -0.3 is 10.2 Å². The summed E-state index contributed by atoms with van der Waals surface area (Å²) in [6, 6.07) is 9.84. The van der Waals surface area contributed by atoms with Gasteiger partial charge in [-0.1, -0.05) is 23.7 Å². The molecule has 3 aromatic rings. The molecule has 0 atom stereocenters. The number of rotatable bonds is 5. The van der Waals surface area contributed by atoms with Crippen LogP contribution in [0.2, 0.25) is 5.02 Å². The number of halogens is 1. The van der Waals surface area contributed by atoms with E-state index in [2.05, 4.69) is 24.3 Å². The molecule has 2 aromatic heterocycles. The second-order valence-corrected chi connectivity index (χ2v) is 6.65. The van der Waals surface area contributed by atoms with Gasteiger partial charge in [-0.15, -0.1) is 0 Å². The Morgan fingerprint density at radius 1 is 1.17 bits per heavy atom. The van der Waals surface area contributed by atoms with Crippen LogP contribution in [0.25, 0.3) is 16.8 Å². The van der Waals surface area contributed by atoms with Gasteiger partial charge in [-0.25, -0.2) is 4.98 Å². The Kier molecular flexibility index (Phi) is 4.73. The first-order valence-corrected chi connectivity index (χ1v) is 8.35. The predicted octanol–water partition coefficient (Wildman–Crippen LogP) is 3.64. The van der Waals surface area contributed by atoms with Crippen LogP contribution in [0, 0.1) is 13.8 Å². The molecular weight excluding hydrogens is 322 g/mol. The van der Waals surface area contributed by atoms with E-state index in [1.54, 1.807) is 0 Å². The molecule has 5 nitrogen and oxygen atoms in total. The molecule has 1 N–H and O–H groups in total. The summed E-state index contributed by atoms with van der Waals surface area (Å²) in [5.74, 6) is 0.961. The Morgan fingerprint density at radius 2 is 1.88 bits per heavy atom. The monoisotopic (exact) mass is 343 g/mol. The SMILES string of the molecule is Cc1cc(NCCN(C)C)n2nc(C)c(-c3ccc(Cl)cc3)c2n1. The van der Waals surface area contributed by atoms with Crippen molar-refractivity contribution in [1.29, 1.82) is 0 Å². The number of aryl methyl sites for hydroxylation is 2. The lowest BCUT2D eigenvalue weighted by atomic mass is 10.1. The van der Waals surface area contributed by atoms with E-state index in [-0.39, 0.29) is 0 Å². The van der Waals surface area contributed by atoms with Crippen molar-refractivity contribution < 1.29 is 0 Å². The van der Waals surface area contributed by atoms with Gasteiger partial charge in [0.15, 0.2) is 5.65 Å². The van der Waals surface area contributed by atoms with Gasteiger partial charge in [0.1, 0.15) is 5.82 Å². The van der Waals surface area contributed by atoms with Crippen molar-refractivity contribution in [2.75, 3.05) is 32.5 Å². The number of aromatic nitrogens is 3. The normalized spacial score (nSPS) is 11.4. The summed E-state index contributed by atoms with van der Waals surface area (Å²) in [6.07, 6.45) is 0. The summed E-state index contributed by atoms with van der Waals surface area (Å²) in [5.41, 5.74) is 4.90. The van der Waals surface area contributed by atoms with Gasteiger partial charge in [0, 0.05) is 35.4 Å². The van der Waals surface area contributed by atoms with Gasteiger partial charge >= 0.3 is 0 Å². The van der Waals surface area contributed by atoms with Gasteiger partial charge in [-0.05, 0) is 45.6 Å². The number of hydrogen-bond acceptors (Lipinski definition) is 4. The second kappa shape index (κ2) is 6.79. The third kappa shape index (κ3) is 3.37. The molecule has 0 unspecified atom stereocenters. The highest BCUT2D eigenvalue weighted by atomic mass is 35.5. The van der Waals surface area contributed by atoms with Crippen molar-refractivity contribution in [3.05, 3.63) is 46.7 Å². The van der Waals surface area contributed by atoms with Gasteiger partial charge in [0.25, 0.3) is 0 Å². The fourth-order valence-corrected chi connectivity index (χ4v) is 2.86. The van der Waals surface area contributed by atoms with E-state index in [9.17, 15) is 0 Å². The first-order chi connectivity index (χ1) is 11.5. The minimum atomic E-state index is 0.725. The highest BCUT2D eigenvalue weighted by Crippen LogP contribution is 2.30. The molecular formula is C18H22ClN5. The van der Waals surface area contributed by atoms with E-state index >= 15 is 0 Å².